The van der Waals surface area contributed by atoms with Crippen molar-refractivity contribution >= 4 is 29.1 Å². The molecule has 2 amide bonds. The average molecular weight is 390 g/mol. The first-order valence-electron chi connectivity index (χ1n) is 8.77. The van der Waals surface area contributed by atoms with Gasteiger partial charge in [0.05, 0.1) is 12.1 Å². The maximum absolute atomic E-state index is 13.8. The van der Waals surface area contributed by atoms with Crippen LogP contribution in [0.5, 0.6) is 0 Å². The standard InChI is InChI=1S/C20H21ClFN3O2/c1-14-16(21)6-4-8-18(14)23-19(26)13-24-9-11-25(12-10-24)20(27)15-5-2-3-7-17(15)22/h2-8H,9-13H2,1H3,(H,23,26). The summed E-state index contributed by atoms with van der Waals surface area (Å²) in [5.74, 6) is -0.956. The first-order chi connectivity index (χ1) is 13.0. The van der Waals surface area contributed by atoms with Gasteiger partial charge < -0.3 is 10.2 Å². The van der Waals surface area contributed by atoms with Crippen LogP contribution in [0.2, 0.25) is 5.02 Å². The van der Waals surface area contributed by atoms with E-state index in [0.717, 1.165) is 5.56 Å². The van der Waals surface area contributed by atoms with Crippen LogP contribution in [0, 0.1) is 12.7 Å². The number of nitrogens with one attached hydrogen (secondary N) is 1. The molecule has 0 aromatic heterocycles. The van der Waals surface area contributed by atoms with Crippen LogP contribution in [0.1, 0.15) is 15.9 Å². The Kier molecular flexibility index (Phi) is 6.08. The van der Waals surface area contributed by atoms with Crippen molar-refractivity contribution in [2.75, 3.05) is 38.0 Å². The molecule has 0 bridgehead atoms. The number of benzene rings is 2. The molecule has 1 fully saturated rings. The summed E-state index contributed by atoms with van der Waals surface area (Å²) < 4.78 is 13.8. The summed E-state index contributed by atoms with van der Waals surface area (Å²) in [6, 6.07) is 11.4. The minimum atomic E-state index is -0.513. The monoisotopic (exact) mass is 389 g/mol. The number of rotatable bonds is 4. The molecule has 0 unspecified atom stereocenters. The minimum absolute atomic E-state index is 0.0834. The Labute approximate surface area is 162 Å². The number of halogens is 2. The number of carbonyl (C=O) groups excluding carboxylic acids is 2. The van der Waals surface area contributed by atoms with Gasteiger partial charge in [0.2, 0.25) is 5.91 Å². The maximum atomic E-state index is 13.8. The first-order valence-corrected chi connectivity index (χ1v) is 9.14. The van der Waals surface area contributed by atoms with Gasteiger partial charge in [0.25, 0.3) is 5.91 Å². The van der Waals surface area contributed by atoms with Crippen LogP contribution >= 0.6 is 11.6 Å². The Morgan fingerprint density at radius 2 is 1.78 bits per heavy atom. The normalized spacial score (nSPS) is 14.9. The number of amides is 2. The van der Waals surface area contributed by atoms with Crippen LogP contribution in [0.25, 0.3) is 0 Å². The molecule has 2 aromatic carbocycles. The van der Waals surface area contributed by atoms with E-state index in [-0.39, 0.29) is 23.9 Å². The molecule has 1 N–H and O–H groups in total. The number of anilines is 1. The number of carbonyl (C=O) groups is 2. The summed E-state index contributed by atoms with van der Waals surface area (Å²) in [4.78, 5) is 28.3. The summed E-state index contributed by atoms with van der Waals surface area (Å²) in [5.41, 5.74) is 1.61. The predicted octanol–water partition coefficient (Wildman–Crippen LogP) is 3.18. The fourth-order valence-corrected chi connectivity index (χ4v) is 3.22. The Morgan fingerprint density at radius 1 is 1.07 bits per heavy atom. The van der Waals surface area contributed by atoms with E-state index in [1.54, 1.807) is 29.2 Å². The Bertz CT molecular complexity index is 851. The lowest BCUT2D eigenvalue weighted by Crippen LogP contribution is -2.50. The molecule has 142 valence electrons. The van der Waals surface area contributed by atoms with Gasteiger partial charge in [-0.15, -0.1) is 0 Å². The lowest BCUT2D eigenvalue weighted by molar-refractivity contribution is -0.117. The van der Waals surface area contributed by atoms with E-state index in [0.29, 0.717) is 36.9 Å². The van der Waals surface area contributed by atoms with Gasteiger partial charge in [-0.25, -0.2) is 4.39 Å². The molecule has 1 heterocycles. The third-order valence-electron chi connectivity index (χ3n) is 4.67. The van der Waals surface area contributed by atoms with Gasteiger partial charge in [-0.2, -0.15) is 0 Å². The Hall–Kier alpha value is -2.44. The van der Waals surface area contributed by atoms with E-state index >= 15 is 0 Å². The zero-order valence-electron chi connectivity index (χ0n) is 15.0. The molecule has 1 saturated heterocycles. The van der Waals surface area contributed by atoms with Crippen LogP contribution < -0.4 is 5.32 Å². The highest BCUT2D eigenvalue weighted by Gasteiger charge is 2.24. The molecule has 0 radical (unpaired) electrons. The molecule has 0 aliphatic carbocycles. The van der Waals surface area contributed by atoms with Gasteiger partial charge in [-0.1, -0.05) is 29.8 Å². The van der Waals surface area contributed by atoms with Crippen molar-refractivity contribution in [3.8, 4) is 0 Å². The second kappa shape index (κ2) is 8.50. The molecule has 27 heavy (non-hydrogen) atoms. The number of hydrogen-bond donors (Lipinski definition) is 1. The third kappa shape index (κ3) is 4.64. The van der Waals surface area contributed by atoms with Crippen LogP contribution in [-0.2, 0) is 4.79 Å². The fraction of sp³-hybridized carbons (Fsp3) is 0.300. The average Bonchev–Trinajstić information content (AvgIpc) is 2.66. The SMILES string of the molecule is Cc1c(Cl)cccc1NC(=O)CN1CCN(C(=O)c2ccccc2F)CC1. The topological polar surface area (TPSA) is 52.7 Å². The molecule has 1 aliphatic rings. The summed E-state index contributed by atoms with van der Waals surface area (Å²) in [7, 11) is 0. The minimum Gasteiger partial charge on any atom is -0.336 e. The molecule has 0 saturated carbocycles. The second-order valence-electron chi connectivity index (χ2n) is 6.51. The highest BCUT2D eigenvalue weighted by Crippen LogP contribution is 2.23. The predicted molar refractivity (Wildman–Crippen MR) is 104 cm³/mol. The zero-order valence-corrected chi connectivity index (χ0v) is 15.8. The highest BCUT2D eigenvalue weighted by molar-refractivity contribution is 6.31. The van der Waals surface area contributed by atoms with Crippen LogP contribution in [-0.4, -0.2) is 54.3 Å². The van der Waals surface area contributed by atoms with E-state index in [2.05, 4.69) is 5.32 Å². The molecule has 3 rings (SSSR count). The van der Waals surface area contributed by atoms with Gasteiger partial charge in [0.15, 0.2) is 0 Å². The number of nitrogens with zero attached hydrogens (tertiary/aromatic N) is 2. The molecule has 7 heteroatoms. The smallest absolute Gasteiger partial charge is 0.256 e. The van der Waals surface area contributed by atoms with E-state index in [4.69, 9.17) is 11.6 Å². The fourth-order valence-electron chi connectivity index (χ4n) is 3.05. The second-order valence-corrected chi connectivity index (χ2v) is 6.92. The summed E-state index contributed by atoms with van der Waals surface area (Å²) in [6.45, 7) is 4.11. The zero-order chi connectivity index (χ0) is 19.4. The van der Waals surface area contributed by atoms with Crippen LogP contribution in [0.15, 0.2) is 42.5 Å². The van der Waals surface area contributed by atoms with Crippen molar-refractivity contribution in [3.63, 3.8) is 0 Å². The van der Waals surface area contributed by atoms with Gasteiger partial charge in [0.1, 0.15) is 5.82 Å². The molecule has 1 aliphatic heterocycles. The van der Waals surface area contributed by atoms with Crippen molar-refractivity contribution in [1.82, 2.24) is 9.80 Å². The van der Waals surface area contributed by atoms with E-state index in [1.165, 1.54) is 12.1 Å². The number of piperazine rings is 1. The van der Waals surface area contributed by atoms with Gasteiger partial charge in [-0.3, -0.25) is 14.5 Å². The van der Waals surface area contributed by atoms with Gasteiger partial charge >= 0.3 is 0 Å². The lowest BCUT2D eigenvalue weighted by atomic mass is 10.1. The van der Waals surface area contributed by atoms with Crippen molar-refractivity contribution in [2.24, 2.45) is 0 Å². The molecule has 0 spiro atoms. The van der Waals surface area contributed by atoms with Gasteiger partial charge in [-0.05, 0) is 36.8 Å². The molecule has 0 atom stereocenters. The molecular formula is C20H21ClFN3O2. The highest BCUT2D eigenvalue weighted by atomic mass is 35.5. The largest absolute Gasteiger partial charge is 0.336 e. The molecule has 5 nitrogen and oxygen atoms in total. The quantitative estimate of drug-likeness (QED) is 0.873. The van der Waals surface area contributed by atoms with E-state index in [9.17, 15) is 14.0 Å². The maximum Gasteiger partial charge on any atom is 0.256 e. The summed E-state index contributed by atoms with van der Waals surface area (Å²) in [6.07, 6.45) is 0. The van der Waals surface area contributed by atoms with E-state index in [1.807, 2.05) is 17.9 Å². The number of hydrogen-bond acceptors (Lipinski definition) is 3. The van der Waals surface area contributed by atoms with Crippen molar-refractivity contribution in [1.29, 1.82) is 0 Å². The third-order valence-corrected chi connectivity index (χ3v) is 5.08. The lowest BCUT2D eigenvalue weighted by Gasteiger charge is -2.34. The van der Waals surface area contributed by atoms with E-state index < -0.39 is 5.82 Å². The van der Waals surface area contributed by atoms with Crippen LogP contribution in [0.4, 0.5) is 10.1 Å². The van der Waals surface area contributed by atoms with Crippen molar-refractivity contribution < 1.29 is 14.0 Å². The Balaban J connectivity index is 1.52. The first kappa shape index (κ1) is 19.3. The molecular weight excluding hydrogens is 369 g/mol. The summed E-state index contributed by atoms with van der Waals surface area (Å²) in [5, 5.41) is 3.48. The Morgan fingerprint density at radius 3 is 2.48 bits per heavy atom. The molecule has 2 aromatic rings. The van der Waals surface area contributed by atoms with Crippen molar-refractivity contribution in [2.45, 2.75) is 6.92 Å². The van der Waals surface area contributed by atoms with Crippen LogP contribution in [0.3, 0.4) is 0 Å². The van der Waals surface area contributed by atoms with Gasteiger partial charge in [0, 0.05) is 36.9 Å². The van der Waals surface area contributed by atoms with Crippen molar-refractivity contribution in [3.05, 3.63) is 64.4 Å². The summed E-state index contributed by atoms with van der Waals surface area (Å²) >= 11 is 6.07.